The summed E-state index contributed by atoms with van der Waals surface area (Å²) >= 11 is 0. The lowest BCUT2D eigenvalue weighted by atomic mass is 9.88. The molecule has 0 spiro atoms. The molecule has 1 unspecified atom stereocenters. The highest BCUT2D eigenvalue weighted by molar-refractivity contribution is 6.42. The van der Waals surface area contributed by atoms with Gasteiger partial charge in [-0.3, -0.25) is 19.6 Å². The molecule has 1 aromatic heterocycles. The average Bonchev–Trinajstić information content (AvgIpc) is 2.59. The van der Waals surface area contributed by atoms with E-state index >= 15 is 0 Å². The highest BCUT2D eigenvalue weighted by atomic mass is 35.5. The van der Waals surface area contributed by atoms with E-state index in [2.05, 4.69) is 9.98 Å². The standard InChI is InChI=1S/C17H16FN5O2.ClH/c1-17(12-7-10(15(20)24)4-5-13(12)18)9-23(16(25)14(19)22-17)11-3-2-6-21-8-11;/h2-8H,9H2,1H3,(H2,19,22)(H2,20,24);1H. The number of aliphatic imine (C=N–C) groups is 1. The first-order valence-corrected chi connectivity index (χ1v) is 7.49. The number of benzene rings is 1. The van der Waals surface area contributed by atoms with Crippen LogP contribution in [-0.2, 0) is 10.3 Å². The molecule has 0 saturated carbocycles. The molecule has 9 heteroatoms. The van der Waals surface area contributed by atoms with Crippen LogP contribution in [0.25, 0.3) is 0 Å². The van der Waals surface area contributed by atoms with Gasteiger partial charge in [0.15, 0.2) is 5.84 Å². The van der Waals surface area contributed by atoms with Crippen molar-refractivity contribution in [3.63, 3.8) is 0 Å². The Kier molecular flexibility index (Phi) is 5.27. The Morgan fingerprint density at radius 1 is 1.35 bits per heavy atom. The van der Waals surface area contributed by atoms with E-state index in [0.29, 0.717) is 5.69 Å². The lowest BCUT2D eigenvalue weighted by molar-refractivity contribution is -0.113. The van der Waals surface area contributed by atoms with Crippen LogP contribution in [0.1, 0.15) is 22.8 Å². The van der Waals surface area contributed by atoms with Gasteiger partial charge < -0.3 is 16.4 Å². The van der Waals surface area contributed by atoms with Gasteiger partial charge in [0.05, 0.1) is 18.4 Å². The first-order valence-electron chi connectivity index (χ1n) is 7.49. The van der Waals surface area contributed by atoms with E-state index in [-0.39, 0.29) is 35.9 Å². The third-order valence-corrected chi connectivity index (χ3v) is 4.09. The largest absolute Gasteiger partial charge is 0.379 e. The summed E-state index contributed by atoms with van der Waals surface area (Å²) in [6.07, 6.45) is 3.08. The normalized spacial score (nSPS) is 19.5. The highest BCUT2D eigenvalue weighted by Gasteiger charge is 2.39. The van der Waals surface area contributed by atoms with Gasteiger partial charge in [0.2, 0.25) is 5.91 Å². The molecule has 26 heavy (non-hydrogen) atoms. The minimum absolute atomic E-state index is 0. The van der Waals surface area contributed by atoms with E-state index in [1.54, 1.807) is 25.3 Å². The van der Waals surface area contributed by atoms with Crippen LogP contribution >= 0.6 is 12.4 Å². The molecule has 2 amide bonds. The molecule has 0 bridgehead atoms. The maximum atomic E-state index is 14.4. The van der Waals surface area contributed by atoms with Gasteiger partial charge in [0, 0.05) is 17.3 Å². The van der Waals surface area contributed by atoms with Crippen molar-refractivity contribution in [2.24, 2.45) is 16.5 Å². The predicted molar refractivity (Wildman–Crippen MR) is 97.7 cm³/mol. The Bertz CT molecular complexity index is 890. The molecule has 0 fully saturated rings. The molecule has 0 saturated heterocycles. The van der Waals surface area contributed by atoms with Crippen molar-refractivity contribution in [1.29, 1.82) is 0 Å². The van der Waals surface area contributed by atoms with Crippen LogP contribution in [0.5, 0.6) is 0 Å². The van der Waals surface area contributed by atoms with Crippen LogP contribution in [0.2, 0.25) is 0 Å². The Hall–Kier alpha value is -3.00. The number of rotatable bonds is 3. The van der Waals surface area contributed by atoms with Gasteiger partial charge in [0.1, 0.15) is 11.4 Å². The molecular weight excluding hydrogens is 361 g/mol. The van der Waals surface area contributed by atoms with E-state index in [4.69, 9.17) is 11.5 Å². The number of primary amides is 1. The number of nitrogens with zero attached hydrogens (tertiary/aromatic N) is 3. The number of amidine groups is 1. The zero-order chi connectivity index (χ0) is 18.2. The second-order valence-corrected chi connectivity index (χ2v) is 5.93. The van der Waals surface area contributed by atoms with Gasteiger partial charge in [-0.2, -0.15) is 0 Å². The molecular formula is C17H17ClFN5O2. The summed E-state index contributed by atoms with van der Waals surface area (Å²) in [5.74, 6) is -1.99. The number of nitrogens with two attached hydrogens (primary N) is 2. The monoisotopic (exact) mass is 377 g/mol. The van der Waals surface area contributed by atoms with E-state index < -0.39 is 23.2 Å². The lowest BCUT2D eigenvalue weighted by Crippen LogP contribution is -2.52. The van der Waals surface area contributed by atoms with Crippen LogP contribution in [-0.4, -0.2) is 29.2 Å². The SMILES string of the molecule is CC1(c2cc(C(N)=O)ccc2F)CN(c2cccnc2)C(=O)C(N)=N1.Cl. The van der Waals surface area contributed by atoms with Crippen LogP contribution in [0.4, 0.5) is 10.1 Å². The molecule has 2 heterocycles. The van der Waals surface area contributed by atoms with Crippen molar-refractivity contribution in [1.82, 2.24) is 4.98 Å². The summed E-state index contributed by atoms with van der Waals surface area (Å²) in [5, 5.41) is 0. The van der Waals surface area contributed by atoms with Crippen molar-refractivity contribution in [3.05, 3.63) is 59.7 Å². The van der Waals surface area contributed by atoms with Crippen molar-refractivity contribution in [3.8, 4) is 0 Å². The van der Waals surface area contributed by atoms with Crippen molar-refractivity contribution >= 4 is 35.7 Å². The van der Waals surface area contributed by atoms with Gasteiger partial charge in [-0.25, -0.2) is 4.39 Å². The molecule has 3 rings (SSSR count). The number of carbonyl (C=O) groups is 2. The molecule has 4 N–H and O–H groups in total. The Morgan fingerprint density at radius 3 is 2.69 bits per heavy atom. The van der Waals surface area contributed by atoms with Gasteiger partial charge in [-0.15, -0.1) is 12.4 Å². The smallest absolute Gasteiger partial charge is 0.293 e. The Morgan fingerprint density at radius 2 is 2.08 bits per heavy atom. The van der Waals surface area contributed by atoms with Gasteiger partial charge in [0.25, 0.3) is 5.91 Å². The van der Waals surface area contributed by atoms with Crippen molar-refractivity contribution in [2.75, 3.05) is 11.4 Å². The highest BCUT2D eigenvalue weighted by Crippen LogP contribution is 2.33. The number of hydrogen-bond donors (Lipinski definition) is 2. The third kappa shape index (κ3) is 3.36. The minimum Gasteiger partial charge on any atom is -0.379 e. The molecule has 136 valence electrons. The maximum absolute atomic E-state index is 14.4. The summed E-state index contributed by atoms with van der Waals surface area (Å²) in [7, 11) is 0. The number of pyridine rings is 1. The molecule has 0 radical (unpaired) electrons. The maximum Gasteiger partial charge on any atom is 0.293 e. The van der Waals surface area contributed by atoms with Gasteiger partial charge >= 0.3 is 0 Å². The zero-order valence-electron chi connectivity index (χ0n) is 13.8. The first-order chi connectivity index (χ1) is 11.8. The molecule has 1 aliphatic rings. The number of hydrogen-bond acceptors (Lipinski definition) is 5. The number of aromatic nitrogens is 1. The van der Waals surface area contributed by atoms with E-state index in [9.17, 15) is 14.0 Å². The summed E-state index contributed by atoms with van der Waals surface area (Å²) in [4.78, 5) is 33.4. The van der Waals surface area contributed by atoms with Crippen molar-refractivity contribution in [2.45, 2.75) is 12.5 Å². The second-order valence-electron chi connectivity index (χ2n) is 5.93. The third-order valence-electron chi connectivity index (χ3n) is 4.09. The quantitative estimate of drug-likeness (QED) is 0.840. The lowest BCUT2D eigenvalue weighted by Gasteiger charge is -2.37. The fourth-order valence-electron chi connectivity index (χ4n) is 2.83. The number of halogens is 2. The second kappa shape index (κ2) is 7.09. The molecule has 1 aliphatic heterocycles. The molecule has 1 aromatic carbocycles. The molecule has 1 atom stereocenters. The van der Waals surface area contributed by atoms with Gasteiger partial charge in [-0.05, 0) is 37.3 Å². The van der Waals surface area contributed by atoms with E-state index in [1.165, 1.54) is 23.2 Å². The van der Waals surface area contributed by atoms with Crippen LogP contribution in [0.15, 0.2) is 47.7 Å². The molecule has 0 aliphatic carbocycles. The Balaban J connectivity index is 0.00000243. The topological polar surface area (TPSA) is 115 Å². The van der Waals surface area contributed by atoms with E-state index in [0.717, 1.165) is 6.07 Å². The first kappa shape index (κ1) is 19.3. The average molecular weight is 378 g/mol. The van der Waals surface area contributed by atoms with Gasteiger partial charge in [-0.1, -0.05) is 0 Å². The van der Waals surface area contributed by atoms with E-state index in [1.807, 2.05) is 0 Å². The summed E-state index contributed by atoms with van der Waals surface area (Å²) in [5.41, 5.74) is 10.7. The zero-order valence-corrected chi connectivity index (χ0v) is 14.7. The van der Waals surface area contributed by atoms with Crippen molar-refractivity contribution < 1.29 is 14.0 Å². The minimum atomic E-state index is -1.18. The number of anilines is 1. The van der Waals surface area contributed by atoms with Crippen LogP contribution < -0.4 is 16.4 Å². The molecule has 2 aromatic rings. The fraction of sp³-hybridized carbons (Fsp3) is 0.176. The number of carbonyl (C=O) groups excluding carboxylic acids is 2. The molecule has 7 nitrogen and oxygen atoms in total. The summed E-state index contributed by atoms with van der Waals surface area (Å²) < 4.78 is 14.4. The fourth-order valence-corrected chi connectivity index (χ4v) is 2.83. The van der Waals surface area contributed by atoms with Crippen LogP contribution in [0, 0.1) is 5.82 Å². The summed E-state index contributed by atoms with van der Waals surface area (Å²) in [6, 6.07) is 7.16. The summed E-state index contributed by atoms with van der Waals surface area (Å²) in [6.45, 7) is 1.68. The number of amides is 2. The Labute approximate surface area is 155 Å². The van der Waals surface area contributed by atoms with Crippen LogP contribution in [0.3, 0.4) is 0 Å². The predicted octanol–water partition coefficient (Wildman–Crippen LogP) is 1.36.